The van der Waals surface area contributed by atoms with Crippen molar-refractivity contribution in [3.63, 3.8) is 0 Å². The van der Waals surface area contributed by atoms with E-state index in [9.17, 15) is 4.79 Å². The summed E-state index contributed by atoms with van der Waals surface area (Å²) in [7, 11) is 0. The average molecular weight is 226 g/mol. The molecule has 86 valence electrons. The van der Waals surface area contributed by atoms with Crippen LogP contribution in [0.4, 0.5) is 0 Å². The molecule has 2 nitrogen and oxygen atoms in total. The van der Waals surface area contributed by atoms with Crippen LogP contribution in [0.1, 0.15) is 18.2 Å². The Hall–Kier alpha value is -2.09. The van der Waals surface area contributed by atoms with Crippen molar-refractivity contribution in [2.24, 2.45) is 0 Å². The SMILES string of the molecule is C=C/C(=C\C)c1cc(=O)c2cc(C)ccc2o1. The molecule has 0 aliphatic heterocycles. The summed E-state index contributed by atoms with van der Waals surface area (Å²) < 4.78 is 5.70. The molecule has 0 radical (unpaired) electrons. The number of hydrogen-bond donors (Lipinski definition) is 0. The van der Waals surface area contributed by atoms with Crippen molar-refractivity contribution in [2.75, 3.05) is 0 Å². The fraction of sp³-hybridized carbons (Fsp3) is 0.133. The lowest BCUT2D eigenvalue weighted by molar-refractivity contribution is 0.587. The van der Waals surface area contributed by atoms with Gasteiger partial charge in [-0.1, -0.05) is 30.4 Å². The third-order valence-electron chi connectivity index (χ3n) is 2.70. The fourth-order valence-electron chi connectivity index (χ4n) is 1.77. The summed E-state index contributed by atoms with van der Waals surface area (Å²) in [4.78, 5) is 12.0. The average Bonchev–Trinajstić information content (AvgIpc) is 2.32. The third kappa shape index (κ3) is 2.07. The lowest BCUT2D eigenvalue weighted by Gasteiger charge is -2.03. The van der Waals surface area contributed by atoms with Crippen LogP contribution in [0.5, 0.6) is 0 Å². The second-order valence-electron chi connectivity index (χ2n) is 3.92. The molecule has 17 heavy (non-hydrogen) atoms. The van der Waals surface area contributed by atoms with Gasteiger partial charge in [-0.25, -0.2) is 0 Å². The molecule has 2 aromatic rings. The van der Waals surface area contributed by atoms with Gasteiger partial charge in [-0.05, 0) is 26.0 Å². The molecular formula is C15H14O2. The molecule has 0 atom stereocenters. The van der Waals surface area contributed by atoms with Gasteiger partial charge in [0.1, 0.15) is 11.3 Å². The van der Waals surface area contributed by atoms with E-state index >= 15 is 0 Å². The van der Waals surface area contributed by atoms with Crippen LogP contribution < -0.4 is 5.43 Å². The maximum atomic E-state index is 12.0. The summed E-state index contributed by atoms with van der Waals surface area (Å²) in [6.45, 7) is 7.54. The molecule has 0 saturated heterocycles. The Kier molecular flexibility index (Phi) is 2.96. The van der Waals surface area contributed by atoms with Crippen molar-refractivity contribution < 1.29 is 4.42 Å². The summed E-state index contributed by atoms with van der Waals surface area (Å²) >= 11 is 0. The molecule has 1 aromatic heterocycles. The van der Waals surface area contributed by atoms with Crippen LogP contribution in [0.3, 0.4) is 0 Å². The predicted molar refractivity (Wildman–Crippen MR) is 71.1 cm³/mol. The summed E-state index contributed by atoms with van der Waals surface area (Å²) in [6, 6.07) is 7.11. The number of allylic oxidation sites excluding steroid dienone is 3. The first-order valence-electron chi connectivity index (χ1n) is 5.49. The second-order valence-corrected chi connectivity index (χ2v) is 3.92. The zero-order valence-electron chi connectivity index (χ0n) is 9.99. The molecule has 0 saturated carbocycles. The van der Waals surface area contributed by atoms with Crippen LogP contribution in [0.2, 0.25) is 0 Å². The highest BCUT2D eigenvalue weighted by Crippen LogP contribution is 2.19. The van der Waals surface area contributed by atoms with Crippen LogP contribution in [-0.2, 0) is 0 Å². The van der Waals surface area contributed by atoms with Crippen molar-refractivity contribution in [3.05, 3.63) is 64.5 Å². The van der Waals surface area contributed by atoms with Crippen molar-refractivity contribution >= 4 is 16.5 Å². The summed E-state index contributed by atoms with van der Waals surface area (Å²) in [5.41, 5.74) is 2.46. The number of benzene rings is 1. The minimum atomic E-state index is -0.0221. The molecular weight excluding hydrogens is 212 g/mol. The lowest BCUT2D eigenvalue weighted by atomic mass is 10.1. The summed E-state index contributed by atoms with van der Waals surface area (Å²) in [6.07, 6.45) is 3.55. The number of aryl methyl sites for hydroxylation is 1. The molecule has 2 rings (SSSR count). The van der Waals surface area contributed by atoms with E-state index in [1.165, 1.54) is 6.07 Å². The molecule has 1 heterocycles. The van der Waals surface area contributed by atoms with Gasteiger partial charge in [0.2, 0.25) is 0 Å². The lowest BCUT2D eigenvalue weighted by Crippen LogP contribution is -2.01. The molecule has 0 bridgehead atoms. The predicted octanol–water partition coefficient (Wildman–Crippen LogP) is 3.69. The Balaban J connectivity index is 2.77. The highest BCUT2D eigenvalue weighted by molar-refractivity contribution is 5.80. The Labute approximate surface area is 99.9 Å². The summed E-state index contributed by atoms with van der Waals surface area (Å²) in [5.74, 6) is 0.559. The normalized spacial score (nSPS) is 11.8. The first-order valence-corrected chi connectivity index (χ1v) is 5.49. The third-order valence-corrected chi connectivity index (χ3v) is 2.70. The van der Waals surface area contributed by atoms with E-state index in [1.54, 1.807) is 6.08 Å². The molecule has 0 amide bonds. The molecule has 0 spiro atoms. The second kappa shape index (κ2) is 4.42. The van der Waals surface area contributed by atoms with Gasteiger partial charge >= 0.3 is 0 Å². The highest BCUT2D eigenvalue weighted by Gasteiger charge is 2.06. The largest absolute Gasteiger partial charge is 0.456 e. The van der Waals surface area contributed by atoms with Gasteiger partial charge < -0.3 is 4.42 Å². The summed E-state index contributed by atoms with van der Waals surface area (Å²) in [5, 5.41) is 0.619. The molecule has 0 aliphatic rings. The van der Waals surface area contributed by atoms with E-state index in [-0.39, 0.29) is 5.43 Å². The zero-order chi connectivity index (χ0) is 12.4. The maximum Gasteiger partial charge on any atom is 0.193 e. The Bertz CT molecular complexity index is 660. The van der Waals surface area contributed by atoms with Crippen molar-refractivity contribution in [1.82, 2.24) is 0 Å². The van der Waals surface area contributed by atoms with Gasteiger partial charge in [0.05, 0.1) is 5.39 Å². The molecule has 0 unspecified atom stereocenters. The molecule has 0 fully saturated rings. The van der Waals surface area contributed by atoms with Crippen LogP contribution in [0.25, 0.3) is 16.5 Å². The van der Waals surface area contributed by atoms with E-state index in [2.05, 4.69) is 6.58 Å². The van der Waals surface area contributed by atoms with E-state index in [0.29, 0.717) is 16.7 Å². The highest BCUT2D eigenvalue weighted by atomic mass is 16.3. The number of fused-ring (bicyclic) bond motifs is 1. The monoisotopic (exact) mass is 226 g/mol. The maximum absolute atomic E-state index is 12.0. The smallest absolute Gasteiger partial charge is 0.193 e. The van der Waals surface area contributed by atoms with E-state index in [0.717, 1.165) is 11.1 Å². The molecule has 0 aliphatic carbocycles. The van der Waals surface area contributed by atoms with Crippen LogP contribution in [0, 0.1) is 6.92 Å². The van der Waals surface area contributed by atoms with E-state index in [4.69, 9.17) is 4.42 Å². The standard InChI is InChI=1S/C15H14O2/c1-4-11(5-2)15-9-13(16)12-8-10(3)6-7-14(12)17-15/h4-9H,1H2,2-3H3/b11-5+. The van der Waals surface area contributed by atoms with Crippen molar-refractivity contribution in [1.29, 1.82) is 0 Å². The first-order chi connectivity index (χ1) is 8.15. The van der Waals surface area contributed by atoms with Crippen molar-refractivity contribution in [3.8, 4) is 0 Å². The Morgan fingerprint density at radius 1 is 1.35 bits per heavy atom. The number of hydrogen-bond acceptors (Lipinski definition) is 2. The fourth-order valence-corrected chi connectivity index (χ4v) is 1.77. The molecule has 0 N–H and O–H groups in total. The Morgan fingerprint density at radius 2 is 2.12 bits per heavy atom. The van der Waals surface area contributed by atoms with Crippen LogP contribution in [-0.4, -0.2) is 0 Å². The quantitative estimate of drug-likeness (QED) is 0.731. The van der Waals surface area contributed by atoms with Gasteiger partial charge in [-0.2, -0.15) is 0 Å². The molecule has 2 heteroatoms. The zero-order valence-corrected chi connectivity index (χ0v) is 9.99. The van der Waals surface area contributed by atoms with E-state index in [1.807, 2.05) is 38.1 Å². The Morgan fingerprint density at radius 3 is 2.76 bits per heavy atom. The minimum Gasteiger partial charge on any atom is -0.456 e. The van der Waals surface area contributed by atoms with Gasteiger partial charge in [-0.15, -0.1) is 0 Å². The first kappa shape index (κ1) is 11.4. The van der Waals surface area contributed by atoms with E-state index < -0.39 is 0 Å². The van der Waals surface area contributed by atoms with Gasteiger partial charge in [-0.3, -0.25) is 4.79 Å². The molecule has 1 aromatic carbocycles. The van der Waals surface area contributed by atoms with Gasteiger partial charge in [0, 0.05) is 11.6 Å². The van der Waals surface area contributed by atoms with Crippen LogP contribution >= 0.6 is 0 Å². The topological polar surface area (TPSA) is 30.2 Å². The van der Waals surface area contributed by atoms with Gasteiger partial charge in [0.15, 0.2) is 5.43 Å². The number of rotatable bonds is 2. The van der Waals surface area contributed by atoms with Gasteiger partial charge in [0.25, 0.3) is 0 Å². The van der Waals surface area contributed by atoms with Crippen LogP contribution in [0.15, 0.2) is 52.2 Å². The van der Waals surface area contributed by atoms with Crippen molar-refractivity contribution in [2.45, 2.75) is 13.8 Å². The minimum absolute atomic E-state index is 0.0221.